The summed E-state index contributed by atoms with van der Waals surface area (Å²) in [5, 5.41) is 4.34. The highest BCUT2D eigenvalue weighted by atomic mass is 16.5. The Kier molecular flexibility index (Phi) is 3.45. The molecule has 0 radical (unpaired) electrons. The zero-order valence-electron chi connectivity index (χ0n) is 10.8. The van der Waals surface area contributed by atoms with Crippen molar-refractivity contribution in [3.8, 4) is 11.7 Å². The molecule has 0 aromatic carbocycles. The Morgan fingerprint density at radius 2 is 2.11 bits per heavy atom. The second-order valence-electron chi connectivity index (χ2n) is 4.06. The van der Waals surface area contributed by atoms with Gasteiger partial charge in [-0.3, -0.25) is 4.98 Å². The number of aryl methyl sites for hydroxylation is 1. The average Bonchev–Trinajstić information content (AvgIpc) is 2.64. The molecule has 2 rings (SSSR count). The summed E-state index contributed by atoms with van der Waals surface area (Å²) in [6, 6.07) is 0. The van der Waals surface area contributed by atoms with Crippen molar-refractivity contribution in [3.63, 3.8) is 0 Å². The maximum absolute atomic E-state index is 5.90. The Morgan fingerprint density at radius 3 is 2.72 bits per heavy atom. The lowest BCUT2D eigenvalue weighted by atomic mass is 10.3. The molecule has 0 fully saturated rings. The van der Waals surface area contributed by atoms with Gasteiger partial charge in [0.25, 0.3) is 0 Å². The lowest BCUT2D eigenvalue weighted by Crippen LogP contribution is -2.05. The summed E-state index contributed by atoms with van der Waals surface area (Å²) in [5.74, 6) is 1.11. The average molecular weight is 247 g/mol. The number of rotatable bonds is 4. The minimum Gasteiger partial charge on any atom is -0.477 e. The molecule has 0 saturated heterocycles. The molecule has 0 amide bonds. The number of ether oxygens (including phenoxy) is 1. The van der Waals surface area contributed by atoms with Crippen molar-refractivity contribution in [2.75, 3.05) is 12.3 Å². The van der Waals surface area contributed by atoms with Gasteiger partial charge in [0.05, 0.1) is 36.1 Å². The largest absolute Gasteiger partial charge is 0.477 e. The van der Waals surface area contributed by atoms with Crippen LogP contribution in [0.2, 0.25) is 0 Å². The van der Waals surface area contributed by atoms with Gasteiger partial charge in [-0.25, -0.2) is 4.68 Å². The SMILES string of the molecule is CCCOc1cncc(-n2nc(C)c(N)c2C)n1. The van der Waals surface area contributed by atoms with Crippen LogP contribution in [0.5, 0.6) is 5.88 Å². The monoisotopic (exact) mass is 247 g/mol. The van der Waals surface area contributed by atoms with Crippen LogP contribution in [-0.2, 0) is 0 Å². The van der Waals surface area contributed by atoms with Gasteiger partial charge in [-0.2, -0.15) is 10.1 Å². The number of nitrogens with zero attached hydrogens (tertiary/aromatic N) is 4. The number of nitrogen functional groups attached to an aromatic ring is 1. The van der Waals surface area contributed by atoms with Crippen molar-refractivity contribution < 1.29 is 4.74 Å². The van der Waals surface area contributed by atoms with E-state index in [1.165, 1.54) is 0 Å². The van der Waals surface area contributed by atoms with Crippen LogP contribution in [0.25, 0.3) is 5.82 Å². The minimum absolute atomic E-state index is 0.500. The highest BCUT2D eigenvalue weighted by Crippen LogP contribution is 2.19. The smallest absolute Gasteiger partial charge is 0.234 e. The molecular weight excluding hydrogens is 230 g/mol. The van der Waals surface area contributed by atoms with Crippen LogP contribution in [0.3, 0.4) is 0 Å². The first-order chi connectivity index (χ1) is 8.63. The van der Waals surface area contributed by atoms with Gasteiger partial charge >= 0.3 is 0 Å². The molecule has 0 bridgehead atoms. The Labute approximate surface area is 106 Å². The third-order valence-electron chi connectivity index (χ3n) is 2.62. The van der Waals surface area contributed by atoms with Crippen LogP contribution in [-0.4, -0.2) is 26.4 Å². The molecule has 0 aliphatic heterocycles. The number of anilines is 1. The van der Waals surface area contributed by atoms with Crippen LogP contribution in [0.15, 0.2) is 12.4 Å². The Balaban J connectivity index is 2.35. The van der Waals surface area contributed by atoms with E-state index in [4.69, 9.17) is 10.5 Å². The highest BCUT2D eigenvalue weighted by Gasteiger charge is 2.11. The molecule has 0 aliphatic rings. The molecule has 0 aliphatic carbocycles. The molecule has 0 unspecified atom stereocenters. The Morgan fingerprint density at radius 1 is 1.33 bits per heavy atom. The number of hydrogen-bond acceptors (Lipinski definition) is 5. The minimum atomic E-state index is 0.500. The first kappa shape index (κ1) is 12.3. The van der Waals surface area contributed by atoms with E-state index in [2.05, 4.69) is 15.1 Å². The van der Waals surface area contributed by atoms with Crippen molar-refractivity contribution in [1.29, 1.82) is 0 Å². The van der Waals surface area contributed by atoms with Crippen molar-refractivity contribution in [3.05, 3.63) is 23.8 Å². The van der Waals surface area contributed by atoms with E-state index in [0.717, 1.165) is 17.8 Å². The van der Waals surface area contributed by atoms with Gasteiger partial charge in [-0.15, -0.1) is 0 Å². The first-order valence-corrected chi connectivity index (χ1v) is 5.90. The first-order valence-electron chi connectivity index (χ1n) is 5.90. The van der Waals surface area contributed by atoms with Gasteiger partial charge in [0.15, 0.2) is 5.82 Å². The summed E-state index contributed by atoms with van der Waals surface area (Å²) in [6.45, 7) is 6.43. The lowest BCUT2D eigenvalue weighted by Gasteiger charge is -2.06. The fourth-order valence-corrected chi connectivity index (χ4v) is 1.59. The molecule has 96 valence electrons. The van der Waals surface area contributed by atoms with E-state index in [9.17, 15) is 0 Å². The normalized spacial score (nSPS) is 10.6. The molecule has 0 atom stereocenters. The van der Waals surface area contributed by atoms with Gasteiger partial charge in [0.2, 0.25) is 5.88 Å². The second-order valence-corrected chi connectivity index (χ2v) is 4.06. The summed E-state index contributed by atoms with van der Waals surface area (Å²) in [6.07, 6.45) is 4.16. The maximum Gasteiger partial charge on any atom is 0.234 e. The van der Waals surface area contributed by atoms with Gasteiger partial charge in [-0.1, -0.05) is 6.92 Å². The van der Waals surface area contributed by atoms with Crippen molar-refractivity contribution in [2.24, 2.45) is 0 Å². The van der Waals surface area contributed by atoms with Crippen LogP contribution in [0.1, 0.15) is 24.7 Å². The van der Waals surface area contributed by atoms with Crippen molar-refractivity contribution >= 4 is 5.69 Å². The molecular formula is C12H17N5O. The molecule has 2 heterocycles. The van der Waals surface area contributed by atoms with Crippen molar-refractivity contribution in [2.45, 2.75) is 27.2 Å². The van der Waals surface area contributed by atoms with Crippen molar-refractivity contribution in [1.82, 2.24) is 19.7 Å². The summed E-state index contributed by atoms with van der Waals surface area (Å²) in [4.78, 5) is 8.46. The molecule has 0 saturated carbocycles. The molecule has 2 N–H and O–H groups in total. The molecule has 6 heteroatoms. The Hall–Kier alpha value is -2.11. The van der Waals surface area contributed by atoms with Crippen LogP contribution in [0, 0.1) is 13.8 Å². The van der Waals surface area contributed by atoms with E-state index in [1.807, 2.05) is 20.8 Å². The molecule has 18 heavy (non-hydrogen) atoms. The number of nitrogens with two attached hydrogens (primary N) is 1. The predicted octanol–water partition coefficient (Wildman–Crippen LogP) is 1.65. The van der Waals surface area contributed by atoms with Gasteiger partial charge < -0.3 is 10.5 Å². The fourth-order valence-electron chi connectivity index (χ4n) is 1.59. The zero-order chi connectivity index (χ0) is 13.1. The van der Waals surface area contributed by atoms with Crippen LogP contribution < -0.4 is 10.5 Å². The summed E-state index contributed by atoms with van der Waals surface area (Å²) < 4.78 is 7.13. The third-order valence-corrected chi connectivity index (χ3v) is 2.62. The fraction of sp³-hybridized carbons (Fsp3) is 0.417. The number of aromatic nitrogens is 4. The maximum atomic E-state index is 5.90. The van der Waals surface area contributed by atoms with E-state index in [1.54, 1.807) is 17.1 Å². The standard InChI is InChI=1S/C12H17N5O/c1-4-5-18-11-7-14-6-10(15-11)17-9(3)12(13)8(2)16-17/h6-7H,4-5,13H2,1-3H3. The molecule has 6 nitrogen and oxygen atoms in total. The lowest BCUT2D eigenvalue weighted by molar-refractivity contribution is 0.303. The molecule has 0 spiro atoms. The van der Waals surface area contributed by atoms with Gasteiger partial charge in [0.1, 0.15) is 0 Å². The summed E-state index contributed by atoms with van der Waals surface area (Å²) in [5.41, 5.74) is 8.22. The molecule has 2 aromatic heterocycles. The third kappa shape index (κ3) is 2.27. The van der Waals surface area contributed by atoms with E-state index in [0.29, 0.717) is 24.0 Å². The Bertz CT molecular complexity index is 549. The quantitative estimate of drug-likeness (QED) is 0.888. The van der Waals surface area contributed by atoms with E-state index < -0.39 is 0 Å². The van der Waals surface area contributed by atoms with Gasteiger partial charge in [0, 0.05) is 0 Å². The molecule has 2 aromatic rings. The highest BCUT2D eigenvalue weighted by molar-refractivity contribution is 5.49. The van der Waals surface area contributed by atoms with Crippen LogP contribution >= 0.6 is 0 Å². The second kappa shape index (κ2) is 5.03. The van der Waals surface area contributed by atoms with E-state index >= 15 is 0 Å². The van der Waals surface area contributed by atoms with Gasteiger partial charge in [-0.05, 0) is 20.3 Å². The van der Waals surface area contributed by atoms with E-state index in [-0.39, 0.29) is 0 Å². The topological polar surface area (TPSA) is 78.8 Å². The summed E-state index contributed by atoms with van der Waals surface area (Å²) >= 11 is 0. The summed E-state index contributed by atoms with van der Waals surface area (Å²) in [7, 11) is 0. The number of hydrogen-bond donors (Lipinski definition) is 1. The predicted molar refractivity (Wildman–Crippen MR) is 68.8 cm³/mol. The zero-order valence-corrected chi connectivity index (χ0v) is 10.8. The van der Waals surface area contributed by atoms with Crippen LogP contribution in [0.4, 0.5) is 5.69 Å².